The molecule has 0 amide bonds. The van der Waals surface area contributed by atoms with Crippen LogP contribution >= 0.6 is 0 Å². The molecule has 0 bridgehead atoms. The first-order valence-corrected chi connectivity index (χ1v) is 14.7. The Kier molecular flexibility index (Phi) is 15.0. The summed E-state index contributed by atoms with van der Waals surface area (Å²) >= 11 is 0. The summed E-state index contributed by atoms with van der Waals surface area (Å²) in [7, 11) is 5.24. The molecule has 4 nitrogen and oxygen atoms in total. The normalized spacial score (nSPS) is 15.0. The van der Waals surface area contributed by atoms with Crippen molar-refractivity contribution in [2.24, 2.45) is 5.41 Å². The summed E-state index contributed by atoms with van der Waals surface area (Å²) in [6, 6.07) is 2.54. The lowest BCUT2D eigenvalue weighted by molar-refractivity contribution is 0.135. The topological polar surface area (TPSA) is 19.0 Å². The zero-order chi connectivity index (χ0) is 21.6. The van der Waals surface area contributed by atoms with E-state index in [0.717, 1.165) is 26.2 Å². The SMILES string of the molecule is CCO[Si](C)(CC)CCC(CCN(C)CC)(CCN(C)CC)CCN(C)CC. The van der Waals surface area contributed by atoms with Gasteiger partial charge >= 0.3 is 0 Å². The molecule has 0 aromatic carbocycles. The van der Waals surface area contributed by atoms with Crippen LogP contribution in [0.5, 0.6) is 0 Å². The zero-order valence-corrected chi connectivity index (χ0v) is 21.9. The summed E-state index contributed by atoms with van der Waals surface area (Å²) in [6.45, 7) is 21.7. The molecule has 28 heavy (non-hydrogen) atoms. The van der Waals surface area contributed by atoms with Gasteiger partial charge in [0.25, 0.3) is 0 Å². The molecule has 0 aromatic heterocycles. The summed E-state index contributed by atoms with van der Waals surface area (Å²) in [5, 5.41) is 0. The van der Waals surface area contributed by atoms with Crippen molar-refractivity contribution in [1.29, 1.82) is 0 Å². The van der Waals surface area contributed by atoms with Gasteiger partial charge in [-0.1, -0.05) is 27.7 Å². The lowest BCUT2D eigenvalue weighted by Gasteiger charge is -2.40. The van der Waals surface area contributed by atoms with E-state index in [4.69, 9.17) is 4.43 Å². The Labute approximate surface area is 179 Å². The Hall–Kier alpha value is 0.0569. The largest absolute Gasteiger partial charge is 0.417 e. The van der Waals surface area contributed by atoms with Gasteiger partial charge in [0.05, 0.1) is 0 Å². The molecule has 0 radical (unpaired) electrons. The van der Waals surface area contributed by atoms with Gasteiger partial charge in [-0.2, -0.15) is 0 Å². The highest BCUT2D eigenvalue weighted by Crippen LogP contribution is 2.39. The van der Waals surface area contributed by atoms with E-state index < -0.39 is 8.32 Å². The Balaban J connectivity index is 5.42. The van der Waals surface area contributed by atoms with Gasteiger partial charge in [0, 0.05) is 6.61 Å². The molecule has 0 saturated heterocycles. The van der Waals surface area contributed by atoms with E-state index in [2.05, 4.69) is 77.0 Å². The van der Waals surface area contributed by atoms with Crippen molar-refractivity contribution in [1.82, 2.24) is 14.7 Å². The second kappa shape index (κ2) is 14.9. The molecule has 0 rings (SSSR count). The molecular weight excluding hydrogens is 362 g/mol. The van der Waals surface area contributed by atoms with Gasteiger partial charge in [0.1, 0.15) is 0 Å². The average Bonchev–Trinajstić information content (AvgIpc) is 2.71. The fourth-order valence-corrected chi connectivity index (χ4v) is 6.20. The lowest BCUT2D eigenvalue weighted by atomic mass is 9.75. The summed E-state index contributed by atoms with van der Waals surface area (Å²) in [4.78, 5) is 7.46. The molecule has 0 aromatic rings. The third-order valence-corrected chi connectivity index (χ3v) is 10.9. The van der Waals surface area contributed by atoms with Crippen LogP contribution in [-0.2, 0) is 4.43 Å². The maximum absolute atomic E-state index is 6.32. The lowest BCUT2D eigenvalue weighted by Crippen LogP contribution is -2.39. The van der Waals surface area contributed by atoms with Crippen LogP contribution in [0.25, 0.3) is 0 Å². The summed E-state index contributed by atoms with van der Waals surface area (Å²) < 4.78 is 6.32. The highest BCUT2D eigenvalue weighted by atomic mass is 28.4. The number of rotatable bonds is 18. The van der Waals surface area contributed by atoms with E-state index in [1.54, 1.807) is 0 Å². The van der Waals surface area contributed by atoms with E-state index in [9.17, 15) is 0 Å². The third-order valence-electron chi connectivity index (χ3n) is 7.12. The Bertz CT molecular complexity index is 347. The molecule has 0 spiro atoms. The molecule has 0 heterocycles. The first-order chi connectivity index (χ1) is 13.2. The number of nitrogens with zero attached hydrogens (tertiary/aromatic N) is 3. The van der Waals surface area contributed by atoms with E-state index >= 15 is 0 Å². The molecule has 0 fully saturated rings. The van der Waals surface area contributed by atoms with Gasteiger partial charge in [0.2, 0.25) is 0 Å². The van der Waals surface area contributed by atoms with Crippen molar-refractivity contribution >= 4 is 8.32 Å². The summed E-state index contributed by atoms with van der Waals surface area (Å²) in [5.74, 6) is 0. The van der Waals surface area contributed by atoms with Crippen molar-refractivity contribution < 1.29 is 4.43 Å². The van der Waals surface area contributed by atoms with Gasteiger partial charge in [0.15, 0.2) is 8.32 Å². The van der Waals surface area contributed by atoms with Gasteiger partial charge in [-0.05, 0) is 117 Å². The van der Waals surface area contributed by atoms with Crippen LogP contribution in [0.2, 0.25) is 18.6 Å². The van der Waals surface area contributed by atoms with Crippen molar-refractivity contribution in [3.63, 3.8) is 0 Å². The van der Waals surface area contributed by atoms with Crippen LogP contribution in [0.3, 0.4) is 0 Å². The Morgan fingerprint density at radius 2 is 1.07 bits per heavy atom. The molecule has 0 N–H and O–H groups in total. The molecule has 0 saturated carbocycles. The highest BCUT2D eigenvalue weighted by Gasteiger charge is 2.35. The van der Waals surface area contributed by atoms with Crippen LogP contribution in [0.1, 0.15) is 60.3 Å². The minimum Gasteiger partial charge on any atom is -0.417 e. The van der Waals surface area contributed by atoms with E-state index in [1.165, 1.54) is 57.4 Å². The quantitative estimate of drug-likeness (QED) is 0.293. The maximum atomic E-state index is 6.32. The minimum absolute atomic E-state index is 0.427. The first-order valence-electron chi connectivity index (χ1n) is 11.9. The van der Waals surface area contributed by atoms with Crippen molar-refractivity contribution in [3.05, 3.63) is 0 Å². The van der Waals surface area contributed by atoms with Gasteiger partial charge < -0.3 is 19.1 Å². The molecule has 5 heteroatoms. The van der Waals surface area contributed by atoms with E-state index in [1.807, 2.05) is 0 Å². The second-order valence-electron chi connectivity index (χ2n) is 9.17. The Morgan fingerprint density at radius 1 is 0.679 bits per heavy atom. The van der Waals surface area contributed by atoms with Gasteiger partial charge in [-0.3, -0.25) is 0 Å². The van der Waals surface area contributed by atoms with Crippen molar-refractivity contribution in [2.75, 3.05) is 67.0 Å². The van der Waals surface area contributed by atoms with Gasteiger partial charge in [-0.25, -0.2) is 0 Å². The van der Waals surface area contributed by atoms with Crippen molar-refractivity contribution in [3.8, 4) is 0 Å². The highest BCUT2D eigenvalue weighted by molar-refractivity contribution is 6.72. The second-order valence-corrected chi connectivity index (χ2v) is 13.6. The van der Waals surface area contributed by atoms with Gasteiger partial charge in [-0.15, -0.1) is 0 Å². The number of hydrogen-bond donors (Lipinski definition) is 0. The fourth-order valence-electron chi connectivity index (χ4n) is 3.74. The molecule has 0 aliphatic carbocycles. The van der Waals surface area contributed by atoms with E-state index in [-0.39, 0.29) is 0 Å². The predicted octanol–water partition coefficient (Wildman–Crippen LogP) is 5.02. The van der Waals surface area contributed by atoms with Crippen LogP contribution in [0.4, 0.5) is 0 Å². The smallest absolute Gasteiger partial charge is 0.189 e. The maximum Gasteiger partial charge on any atom is 0.189 e. The van der Waals surface area contributed by atoms with Crippen molar-refractivity contribution in [2.45, 2.75) is 78.9 Å². The average molecular weight is 416 g/mol. The fraction of sp³-hybridized carbons (Fsp3) is 1.00. The Morgan fingerprint density at radius 3 is 1.36 bits per heavy atom. The first kappa shape index (κ1) is 28.1. The molecule has 0 aliphatic rings. The summed E-state index contributed by atoms with van der Waals surface area (Å²) in [5.41, 5.74) is 0.427. The molecule has 1 atom stereocenters. The monoisotopic (exact) mass is 415 g/mol. The molecule has 170 valence electrons. The molecule has 0 aliphatic heterocycles. The minimum atomic E-state index is -1.57. The standard InChI is InChI=1S/C23H53N3OSi/c1-10-24(6)19-15-23(16-20-25(7)11-2,17-21-26(8)12-3)18-22-28(9,14-5)27-13-4/h10-22H2,1-9H3. The van der Waals surface area contributed by atoms with Crippen LogP contribution in [0.15, 0.2) is 0 Å². The third kappa shape index (κ3) is 11.3. The van der Waals surface area contributed by atoms with E-state index in [0.29, 0.717) is 5.41 Å². The van der Waals surface area contributed by atoms with Crippen LogP contribution in [-0.4, -0.2) is 90.0 Å². The predicted molar refractivity (Wildman–Crippen MR) is 129 cm³/mol. The zero-order valence-electron chi connectivity index (χ0n) is 20.9. The summed E-state index contributed by atoms with van der Waals surface area (Å²) in [6.07, 6.45) is 5.27. The number of hydrogen-bond acceptors (Lipinski definition) is 4. The molecular formula is C23H53N3OSi. The molecule has 1 unspecified atom stereocenters. The van der Waals surface area contributed by atoms with Crippen LogP contribution < -0.4 is 0 Å². The van der Waals surface area contributed by atoms with Crippen LogP contribution in [0, 0.1) is 5.41 Å².